The highest BCUT2D eigenvalue weighted by Crippen LogP contribution is 2.55. The van der Waals surface area contributed by atoms with Crippen molar-refractivity contribution in [2.45, 2.75) is 111 Å². The van der Waals surface area contributed by atoms with E-state index < -0.39 is 52.2 Å². The number of unbranched alkanes of at least 4 members (excludes halogenated alkanes) is 2. The molecule has 3 atom stereocenters. The predicted octanol–water partition coefficient (Wildman–Crippen LogP) is 5.50. The second kappa shape index (κ2) is 20.6. The van der Waals surface area contributed by atoms with Gasteiger partial charge in [-0.15, -0.1) is 0 Å². The molecular weight excluding hydrogens is 824 g/mol. The quantitative estimate of drug-likeness (QED) is 0.101. The molecule has 1 saturated carbocycles. The second-order valence-electron chi connectivity index (χ2n) is 18.6. The standard InChI is InChI=1S/C47H59ClN8O7/c1-45(2,3)39(42(61)56-27-33(57)21-36(56)41(60)53-25-30-13-11-29(23-49)12-14-30)54-38(58)28-62-20-10-8-9-19-51-37-18-16-32(26-52-37)40(59)55-43-46(4,5)44(47(43,6)7)63-34-17-15-31(24-50)35(48)22-34/h11-18,22,26,33,36,39,43-44,57H,8-10,19-21,25,27-28H2,1-7H3,(H,51,52)(H,53,60)(H,54,58)(H,55,59)/t33-,36+,39?,43-,44-/m1/s1. The van der Waals surface area contributed by atoms with E-state index in [0.29, 0.717) is 52.9 Å². The number of aliphatic hydroxyl groups is 1. The van der Waals surface area contributed by atoms with Gasteiger partial charge < -0.3 is 40.7 Å². The van der Waals surface area contributed by atoms with E-state index >= 15 is 0 Å². The van der Waals surface area contributed by atoms with Crippen LogP contribution in [0.2, 0.25) is 5.02 Å². The van der Waals surface area contributed by atoms with Crippen molar-refractivity contribution in [3.05, 3.63) is 88.1 Å². The third-order valence-corrected chi connectivity index (χ3v) is 12.1. The van der Waals surface area contributed by atoms with Gasteiger partial charge in [-0.05, 0) is 66.6 Å². The van der Waals surface area contributed by atoms with Gasteiger partial charge in [-0.25, -0.2) is 4.98 Å². The molecule has 16 heteroatoms. The van der Waals surface area contributed by atoms with Gasteiger partial charge in [-0.2, -0.15) is 10.5 Å². The molecular formula is C47H59ClN8O7. The summed E-state index contributed by atoms with van der Waals surface area (Å²) in [5.74, 6) is -0.355. The topological polar surface area (TPSA) is 219 Å². The number of aliphatic hydroxyl groups excluding tert-OH is 1. The third-order valence-electron chi connectivity index (χ3n) is 11.8. The number of aromatic nitrogens is 1. The number of pyridine rings is 1. The van der Waals surface area contributed by atoms with Gasteiger partial charge in [0.15, 0.2) is 0 Å². The molecule has 5 rings (SSSR count). The third kappa shape index (κ3) is 12.0. The molecule has 336 valence electrons. The van der Waals surface area contributed by atoms with Gasteiger partial charge in [0, 0.05) is 61.8 Å². The van der Waals surface area contributed by atoms with Gasteiger partial charge in [0.05, 0.1) is 33.9 Å². The number of ether oxygens (including phenoxy) is 2. The number of nitrogens with one attached hydrogen (secondary N) is 4. The van der Waals surface area contributed by atoms with Gasteiger partial charge in [0.2, 0.25) is 17.7 Å². The van der Waals surface area contributed by atoms with Crippen LogP contribution in [0.1, 0.15) is 101 Å². The van der Waals surface area contributed by atoms with E-state index in [2.05, 4.69) is 38.4 Å². The molecule has 1 aliphatic carbocycles. The first-order valence-corrected chi connectivity index (χ1v) is 21.6. The minimum absolute atomic E-state index is 0.0317. The average Bonchev–Trinajstić information content (AvgIpc) is 3.65. The normalized spacial score (nSPS) is 20.3. The summed E-state index contributed by atoms with van der Waals surface area (Å²) in [5, 5.41) is 41.1. The van der Waals surface area contributed by atoms with Crippen LogP contribution in [-0.2, 0) is 25.7 Å². The van der Waals surface area contributed by atoms with Gasteiger partial charge in [-0.1, -0.05) is 72.2 Å². The van der Waals surface area contributed by atoms with Gasteiger partial charge in [0.25, 0.3) is 5.91 Å². The number of likely N-dealkylation sites (tertiary alicyclic amines) is 1. The zero-order chi connectivity index (χ0) is 46.1. The Morgan fingerprint density at radius 2 is 1.70 bits per heavy atom. The summed E-state index contributed by atoms with van der Waals surface area (Å²) in [4.78, 5) is 59.1. The van der Waals surface area contributed by atoms with Crippen molar-refractivity contribution in [1.82, 2.24) is 25.8 Å². The molecule has 2 fully saturated rings. The largest absolute Gasteiger partial charge is 0.489 e. The van der Waals surface area contributed by atoms with Crippen LogP contribution < -0.4 is 26.0 Å². The lowest BCUT2D eigenvalue weighted by molar-refractivity contribution is -0.164. The Bertz CT molecular complexity index is 2180. The number of halogens is 1. The first-order valence-electron chi connectivity index (χ1n) is 21.3. The van der Waals surface area contributed by atoms with Crippen LogP contribution in [0.15, 0.2) is 60.8 Å². The predicted molar refractivity (Wildman–Crippen MR) is 237 cm³/mol. The SMILES string of the molecule is CC(C)(C)C(NC(=O)COCCCCCNc1ccc(C(=O)N[C@H]2C(C)(C)[C@H](Oc3ccc(C#N)c(Cl)c3)C2(C)C)cn1)C(=O)N1C[C@H](O)C[C@H]1C(=O)NCc1ccc(C#N)cc1. The molecule has 1 aromatic heterocycles. The Balaban J connectivity index is 0.991. The summed E-state index contributed by atoms with van der Waals surface area (Å²) >= 11 is 6.22. The minimum Gasteiger partial charge on any atom is -0.489 e. The van der Waals surface area contributed by atoms with Crippen LogP contribution in [0.5, 0.6) is 5.75 Å². The van der Waals surface area contributed by atoms with E-state index in [1.807, 2.05) is 48.5 Å². The van der Waals surface area contributed by atoms with Crippen LogP contribution in [0.25, 0.3) is 0 Å². The first-order chi connectivity index (χ1) is 29.8. The molecule has 0 bridgehead atoms. The molecule has 3 aromatic rings. The average molecular weight is 883 g/mol. The smallest absolute Gasteiger partial charge is 0.253 e. The van der Waals surface area contributed by atoms with E-state index in [-0.39, 0.29) is 44.2 Å². The van der Waals surface area contributed by atoms with Gasteiger partial charge >= 0.3 is 0 Å². The highest BCUT2D eigenvalue weighted by molar-refractivity contribution is 6.31. The molecule has 1 aliphatic heterocycles. The number of hydrogen-bond donors (Lipinski definition) is 5. The van der Waals surface area contributed by atoms with Gasteiger partial charge in [-0.3, -0.25) is 19.2 Å². The zero-order valence-electron chi connectivity index (χ0n) is 37.1. The Hall–Kier alpha value is -5.74. The number of anilines is 1. The molecule has 15 nitrogen and oxygen atoms in total. The Morgan fingerprint density at radius 3 is 2.32 bits per heavy atom. The first kappa shape index (κ1) is 48.3. The molecule has 4 amide bonds. The minimum atomic E-state index is -0.964. The number of nitriles is 2. The Kier molecular flexibility index (Phi) is 15.8. The number of amides is 4. The number of β-amino-alcohol motifs (C(OH)–C–C–N with tert-alkyl or cyclic N) is 1. The molecule has 63 heavy (non-hydrogen) atoms. The Labute approximate surface area is 374 Å². The monoisotopic (exact) mass is 882 g/mol. The van der Waals surface area contributed by atoms with Crippen molar-refractivity contribution in [3.63, 3.8) is 0 Å². The van der Waals surface area contributed by atoms with Crippen molar-refractivity contribution in [2.24, 2.45) is 16.2 Å². The summed E-state index contributed by atoms with van der Waals surface area (Å²) in [5.41, 5.74) is 0.608. The highest BCUT2D eigenvalue weighted by Gasteiger charge is 2.64. The summed E-state index contributed by atoms with van der Waals surface area (Å²) in [6, 6.07) is 17.3. The van der Waals surface area contributed by atoms with Crippen molar-refractivity contribution < 1.29 is 33.8 Å². The molecule has 2 heterocycles. The molecule has 5 N–H and O–H groups in total. The molecule has 1 saturated heterocycles. The fourth-order valence-corrected chi connectivity index (χ4v) is 8.87. The number of carbonyl (C=O) groups is 4. The van der Waals surface area contributed by atoms with E-state index in [0.717, 1.165) is 18.4 Å². The fourth-order valence-electron chi connectivity index (χ4n) is 8.66. The summed E-state index contributed by atoms with van der Waals surface area (Å²) in [7, 11) is 0. The number of nitrogens with zero attached hydrogens (tertiary/aromatic N) is 4. The van der Waals surface area contributed by atoms with Crippen LogP contribution >= 0.6 is 11.6 Å². The maximum atomic E-state index is 13.8. The summed E-state index contributed by atoms with van der Waals surface area (Å²) < 4.78 is 12.0. The number of rotatable bonds is 18. The van der Waals surface area contributed by atoms with E-state index in [9.17, 15) is 29.5 Å². The van der Waals surface area contributed by atoms with E-state index in [1.165, 1.54) is 4.90 Å². The highest BCUT2D eigenvalue weighted by atomic mass is 35.5. The zero-order valence-corrected chi connectivity index (χ0v) is 37.8. The maximum absolute atomic E-state index is 13.8. The maximum Gasteiger partial charge on any atom is 0.253 e. The van der Waals surface area contributed by atoms with Crippen molar-refractivity contribution in [2.75, 3.05) is 31.6 Å². The summed E-state index contributed by atoms with van der Waals surface area (Å²) in [6.45, 7) is 14.6. The second-order valence-corrected chi connectivity index (χ2v) is 19.0. The molecule has 1 unspecified atom stereocenters. The van der Waals surface area contributed by atoms with Crippen molar-refractivity contribution in [3.8, 4) is 17.9 Å². The van der Waals surface area contributed by atoms with Gasteiger partial charge in [0.1, 0.15) is 42.4 Å². The molecule has 0 radical (unpaired) electrons. The van der Waals surface area contributed by atoms with Crippen LogP contribution in [-0.4, -0.2) is 95.3 Å². The van der Waals surface area contributed by atoms with Crippen LogP contribution in [0, 0.1) is 38.9 Å². The van der Waals surface area contributed by atoms with E-state index in [4.69, 9.17) is 26.3 Å². The lowest BCUT2D eigenvalue weighted by atomic mass is 9.49. The lowest BCUT2D eigenvalue weighted by Gasteiger charge is -2.63. The number of carbonyl (C=O) groups excluding carboxylic acids is 4. The number of benzene rings is 2. The fraction of sp³-hybridized carbons (Fsp3) is 0.511. The Morgan fingerprint density at radius 1 is 0.984 bits per heavy atom. The lowest BCUT2D eigenvalue weighted by Crippen LogP contribution is -2.74. The van der Waals surface area contributed by atoms with Crippen LogP contribution in [0.4, 0.5) is 5.82 Å². The summed E-state index contributed by atoms with van der Waals surface area (Å²) in [6.07, 6.45) is 2.85. The number of hydrogen-bond acceptors (Lipinski definition) is 11. The van der Waals surface area contributed by atoms with E-state index in [1.54, 1.807) is 60.8 Å². The molecule has 0 spiro atoms. The molecule has 2 aromatic carbocycles. The van der Waals surface area contributed by atoms with Crippen LogP contribution in [0.3, 0.4) is 0 Å². The molecule has 2 aliphatic rings. The van der Waals surface area contributed by atoms with Crippen molar-refractivity contribution in [1.29, 1.82) is 10.5 Å². The van der Waals surface area contributed by atoms with Crippen molar-refractivity contribution >= 4 is 41.0 Å².